The molecule has 94 valence electrons. The van der Waals surface area contributed by atoms with Crippen LogP contribution < -0.4 is 4.90 Å². The van der Waals surface area contributed by atoms with E-state index in [0.29, 0.717) is 0 Å². The first-order valence-electron chi connectivity index (χ1n) is 6.12. The molecule has 0 aliphatic carbocycles. The van der Waals surface area contributed by atoms with Crippen molar-refractivity contribution in [1.29, 1.82) is 0 Å². The highest BCUT2D eigenvalue weighted by molar-refractivity contribution is 7.13. The Morgan fingerprint density at radius 2 is 2.11 bits per heavy atom. The van der Waals surface area contributed by atoms with Gasteiger partial charge in [-0.2, -0.15) is 0 Å². The van der Waals surface area contributed by atoms with E-state index in [2.05, 4.69) is 20.9 Å². The molecule has 1 saturated heterocycles. The minimum atomic E-state index is -0.153. The van der Waals surface area contributed by atoms with Gasteiger partial charge in [-0.15, -0.1) is 11.3 Å². The minimum absolute atomic E-state index is 0.153. The number of anilines is 1. The fourth-order valence-electron chi connectivity index (χ4n) is 2.17. The van der Waals surface area contributed by atoms with Crippen molar-refractivity contribution < 1.29 is 5.11 Å². The lowest BCUT2D eigenvalue weighted by Gasteiger charge is -2.30. The van der Waals surface area contributed by atoms with Gasteiger partial charge in [0.1, 0.15) is 12.1 Å². The lowest BCUT2D eigenvalue weighted by atomic mass is 10.1. The van der Waals surface area contributed by atoms with Gasteiger partial charge in [0.25, 0.3) is 0 Å². The average molecular weight is 261 g/mol. The maximum atomic E-state index is 9.52. The molecule has 3 rings (SSSR count). The van der Waals surface area contributed by atoms with Crippen molar-refractivity contribution in [1.82, 2.24) is 9.97 Å². The Morgan fingerprint density at radius 1 is 1.28 bits per heavy atom. The van der Waals surface area contributed by atoms with Gasteiger partial charge in [0.2, 0.25) is 0 Å². The third kappa shape index (κ3) is 2.37. The van der Waals surface area contributed by atoms with Crippen LogP contribution in [-0.4, -0.2) is 34.3 Å². The quantitative estimate of drug-likeness (QED) is 0.900. The molecule has 0 atom stereocenters. The molecular formula is C13H15N3OS. The lowest BCUT2D eigenvalue weighted by Crippen LogP contribution is -2.36. The molecule has 0 amide bonds. The summed E-state index contributed by atoms with van der Waals surface area (Å²) in [7, 11) is 0. The van der Waals surface area contributed by atoms with Gasteiger partial charge in [-0.25, -0.2) is 9.97 Å². The molecule has 1 fully saturated rings. The summed E-state index contributed by atoms with van der Waals surface area (Å²) in [6.07, 6.45) is 3.10. The van der Waals surface area contributed by atoms with Crippen molar-refractivity contribution in [2.24, 2.45) is 0 Å². The standard InChI is InChI=1S/C13H15N3OS/c17-10-3-5-16(6-4-10)13-8-11(14-9-15-13)12-2-1-7-18-12/h1-2,7-10,17H,3-6H2. The predicted octanol–water partition coefficient (Wildman–Crippen LogP) is 2.17. The second-order valence-electron chi connectivity index (χ2n) is 4.46. The zero-order valence-electron chi connectivity index (χ0n) is 9.99. The lowest BCUT2D eigenvalue weighted by molar-refractivity contribution is 0.145. The fraction of sp³-hybridized carbons (Fsp3) is 0.385. The molecule has 0 saturated carbocycles. The average Bonchev–Trinajstić information content (AvgIpc) is 2.94. The molecule has 5 heteroatoms. The van der Waals surface area contributed by atoms with Crippen molar-refractivity contribution >= 4 is 17.2 Å². The minimum Gasteiger partial charge on any atom is -0.393 e. The van der Waals surface area contributed by atoms with Crippen LogP contribution in [0.5, 0.6) is 0 Å². The van der Waals surface area contributed by atoms with Crippen molar-refractivity contribution in [3.8, 4) is 10.6 Å². The van der Waals surface area contributed by atoms with Gasteiger partial charge in [0, 0.05) is 19.2 Å². The number of thiophene rings is 1. The smallest absolute Gasteiger partial charge is 0.132 e. The molecule has 1 aliphatic rings. The largest absolute Gasteiger partial charge is 0.393 e. The summed E-state index contributed by atoms with van der Waals surface area (Å²) in [5, 5.41) is 11.6. The molecule has 0 spiro atoms. The zero-order valence-corrected chi connectivity index (χ0v) is 10.8. The van der Waals surface area contributed by atoms with Crippen LogP contribution in [0.2, 0.25) is 0 Å². The van der Waals surface area contributed by atoms with E-state index in [4.69, 9.17) is 0 Å². The van der Waals surface area contributed by atoms with Crippen LogP contribution in [0.4, 0.5) is 5.82 Å². The second kappa shape index (κ2) is 5.04. The summed E-state index contributed by atoms with van der Waals surface area (Å²) >= 11 is 1.68. The molecule has 0 unspecified atom stereocenters. The van der Waals surface area contributed by atoms with Crippen molar-refractivity contribution in [2.75, 3.05) is 18.0 Å². The number of aromatic nitrogens is 2. The first-order valence-corrected chi connectivity index (χ1v) is 7.00. The van der Waals surface area contributed by atoms with E-state index < -0.39 is 0 Å². The number of piperidine rings is 1. The highest BCUT2D eigenvalue weighted by Crippen LogP contribution is 2.26. The molecule has 1 N–H and O–H groups in total. The van der Waals surface area contributed by atoms with Gasteiger partial charge in [-0.05, 0) is 24.3 Å². The van der Waals surface area contributed by atoms with Crippen LogP contribution in [-0.2, 0) is 0 Å². The first kappa shape index (κ1) is 11.6. The number of hydrogen-bond donors (Lipinski definition) is 1. The van der Waals surface area contributed by atoms with Gasteiger partial charge >= 0.3 is 0 Å². The van der Waals surface area contributed by atoms with Gasteiger partial charge in [-0.3, -0.25) is 0 Å². The summed E-state index contributed by atoms with van der Waals surface area (Å²) in [5.74, 6) is 0.959. The SMILES string of the molecule is OC1CCN(c2cc(-c3cccs3)ncn2)CC1. The number of hydrogen-bond acceptors (Lipinski definition) is 5. The van der Waals surface area contributed by atoms with E-state index in [1.165, 1.54) is 0 Å². The molecule has 18 heavy (non-hydrogen) atoms. The van der Waals surface area contributed by atoms with E-state index in [0.717, 1.165) is 42.3 Å². The summed E-state index contributed by atoms with van der Waals surface area (Å²) in [4.78, 5) is 12.0. The molecule has 0 aromatic carbocycles. The van der Waals surface area contributed by atoms with Crippen molar-refractivity contribution in [2.45, 2.75) is 18.9 Å². The van der Waals surface area contributed by atoms with Crippen LogP contribution in [0.15, 0.2) is 29.9 Å². The Morgan fingerprint density at radius 3 is 2.83 bits per heavy atom. The van der Waals surface area contributed by atoms with Crippen LogP contribution in [0.25, 0.3) is 10.6 Å². The van der Waals surface area contributed by atoms with Crippen LogP contribution in [0, 0.1) is 0 Å². The van der Waals surface area contributed by atoms with Gasteiger partial charge < -0.3 is 10.0 Å². The molecule has 1 aliphatic heterocycles. The second-order valence-corrected chi connectivity index (χ2v) is 5.40. The molecule has 2 aromatic heterocycles. The summed E-state index contributed by atoms with van der Waals surface area (Å²) < 4.78 is 0. The third-order valence-corrected chi connectivity index (χ3v) is 4.11. The zero-order chi connectivity index (χ0) is 12.4. The van der Waals surface area contributed by atoms with E-state index >= 15 is 0 Å². The molecule has 3 heterocycles. The topological polar surface area (TPSA) is 49.2 Å². The fourth-order valence-corrected chi connectivity index (χ4v) is 2.87. The Kier molecular flexibility index (Phi) is 3.25. The van der Waals surface area contributed by atoms with Gasteiger partial charge in [0.15, 0.2) is 0 Å². The number of nitrogens with zero attached hydrogens (tertiary/aromatic N) is 3. The number of aliphatic hydroxyl groups is 1. The molecule has 4 nitrogen and oxygen atoms in total. The number of rotatable bonds is 2. The summed E-state index contributed by atoms with van der Waals surface area (Å²) in [6, 6.07) is 6.12. The van der Waals surface area contributed by atoms with Crippen molar-refractivity contribution in [3.63, 3.8) is 0 Å². The highest BCUT2D eigenvalue weighted by atomic mass is 32.1. The summed E-state index contributed by atoms with van der Waals surface area (Å²) in [6.45, 7) is 1.73. The van der Waals surface area contributed by atoms with Gasteiger partial charge in [0.05, 0.1) is 16.7 Å². The molecule has 2 aromatic rings. The Hall–Kier alpha value is -1.46. The Bertz CT molecular complexity index is 507. The van der Waals surface area contributed by atoms with E-state index in [9.17, 15) is 5.11 Å². The van der Waals surface area contributed by atoms with E-state index in [1.807, 2.05) is 17.5 Å². The third-order valence-electron chi connectivity index (χ3n) is 3.21. The molecule has 0 bridgehead atoms. The molecule has 0 radical (unpaired) electrons. The maximum absolute atomic E-state index is 9.52. The van der Waals surface area contributed by atoms with E-state index in [-0.39, 0.29) is 6.10 Å². The van der Waals surface area contributed by atoms with Crippen LogP contribution in [0.3, 0.4) is 0 Å². The number of aliphatic hydroxyl groups excluding tert-OH is 1. The normalized spacial score (nSPS) is 17.1. The maximum Gasteiger partial charge on any atom is 0.132 e. The van der Waals surface area contributed by atoms with Crippen LogP contribution in [0.1, 0.15) is 12.8 Å². The first-order chi connectivity index (χ1) is 8.83. The van der Waals surface area contributed by atoms with E-state index in [1.54, 1.807) is 17.7 Å². The summed E-state index contributed by atoms with van der Waals surface area (Å²) in [5.41, 5.74) is 0.973. The Labute approximate surface area is 110 Å². The highest BCUT2D eigenvalue weighted by Gasteiger charge is 2.18. The van der Waals surface area contributed by atoms with Crippen LogP contribution >= 0.6 is 11.3 Å². The Balaban J connectivity index is 1.83. The molecular weight excluding hydrogens is 246 g/mol. The predicted molar refractivity (Wildman–Crippen MR) is 72.8 cm³/mol. The van der Waals surface area contributed by atoms with Crippen molar-refractivity contribution in [3.05, 3.63) is 29.9 Å². The monoisotopic (exact) mass is 261 g/mol. The van der Waals surface area contributed by atoms with Gasteiger partial charge in [-0.1, -0.05) is 6.07 Å².